The number of hydrogen-bond donors (Lipinski definition) is 1. The van der Waals surface area contributed by atoms with Crippen LogP contribution < -0.4 is 10.1 Å². The number of ether oxygens (including phenoxy) is 1. The molecule has 1 N–H and O–H groups in total. The molecule has 35 heavy (non-hydrogen) atoms. The highest BCUT2D eigenvalue weighted by atomic mass is 35.5. The van der Waals surface area contributed by atoms with Crippen LogP contribution in [0.3, 0.4) is 0 Å². The quantitative estimate of drug-likeness (QED) is 0.422. The van der Waals surface area contributed by atoms with Crippen LogP contribution in [-0.4, -0.2) is 54.9 Å². The number of fused-ring (bicyclic) bond motifs is 1. The van der Waals surface area contributed by atoms with E-state index in [1.54, 1.807) is 42.5 Å². The van der Waals surface area contributed by atoms with Gasteiger partial charge in [-0.2, -0.15) is 13.2 Å². The number of ketones is 1. The Labute approximate surface area is 206 Å². The number of nitrogens with one attached hydrogen (secondary N) is 1. The van der Waals surface area contributed by atoms with Crippen molar-refractivity contribution in [1.29, 1.82) is 0 Å². The minimum absolute atomic E-state index is 0.00134. The molecule has 0 atom stereocenters. The van der Waals surface area contributed by atoms with Gasteiger partial charge in [0.15, 0.2) is 5.78 Å². The van der Waals surface area contributed by atoms with Crippen molar-refractivity contribution in [1.82, 2.24) is 10.2 Å². The zero-order valence-corrected chi connectivity index (χ0v) is 19.8. The first kappa shape index (κ1) is 26.5. The number of benzene rings is 2. The second-order valence-electron chi connectivity index (χ2n) is 8.20. The SMILES string of the molecule is O=C(CCC(=O)c1ccc2c(c1)CCN(C(=O)C(F)(F)F)CCC2)NCCOc1ccc(Cl)cc1. The number of halogens is 4. The molecule has 10 heteroatoms. The molecule has 0 fully saturated rings. The molecule has 2 aromatic carbocycles. The number of rotatable bonds is 8. The topological polar surface area (TPSA) is 75.7 Å². The highest BCUT2D eigenvalue weighted by molar-refractivity contribution is 6.30. The van der Waals surface area contributed by atoms with Crippen molar-refractivity contribution in [2.75, 3.05) is 26.2 Å². The summed E-state index contributed by atoms with van der Waals surface area (Å²) in [6.07, 6.45) is -3.74. The molecule has 0 bridgehead atoms. The summed E-state index contributed by atoms with van der Waals surface area (Å²) in [7, 11) is 0. The van der Waals surface area contributed by atoms with Gasteiger partial charge in [-0.05, 0) is 60.7 Å². The number of Topliss-reactive ketones (excluding diaryl/α,β-unsaturated/α-hetero) is 1. The molecule has 0 saturated heterocycles. The van der Waals surface area contributed by atoms with Crippen LogP contribution in [0, 0.1) is 0 Å². The molecule has 0 spiro atoms. The van der Waals surface area contributed by atoms with Crippen LogP contribution in [0.15, 0.2) is 42.5 Å². The van der Waals surface area contributed by atoms with E-state index in [2.05, 4.69) is 5.32 Å². The molecule has 1 aliphatic heterocycles. The maximum Gasteiger partial charge on any atom is 0.471 e. The fraction of sp³-hybridized carbons (Fsp3) is 0.400. The summed E-state index contributed by atoms with van der Waals surface area (Å²) in [5, 5.41) is 3.29. The van der Waals surface area contributed by atoms with Gasteiger partial charge in [-0.25, -0.2) is 0 Å². The first-order chi connectivity index (χ1) is 16.6. The standard InChI is InChI=1S/C25H26ClF3N2O4/c26-20-5-7-21(8-6-20)35-15-12-30-23(33)10-9-22(32)19-4-3-17-2-1-13-31(14-11-18(17)16-19)24(34)25(27,28)29/h3-8,16H,1-2,9-15H2,(H,30,33). The molecule has 0 saturated carbocycles. The van der Waals surface area contributed by atoms with E-state index in [0.29, 0.717) is 29.2 Å². The van der Waals surface area contributed by atoms with Crippen molar-refractivity contribution in [3.05, 3.63) is 64.2 Å². The van der Waals surface area contributed by atoms with E-state index in [1.807, 2.05) is 0 Å². The Morgan fingerprint density at radius 1 is 0.971 bits per heavy atom. The summed E-state index contributed by atoms with van der Waals surface area (Å²) in [5.41, 5.74) is 2.11. The Bertz CT molecular complexity index is 1060. The van der Waals surface area contributed by atoms with Crippen molar-refractivity contribution < 1.29 is 32.3 Å². The van der Waals surface area contributed by atoms with Gasteiger partial charge in [0.25, 0.3) is 0 Å². The van der Waals surface area contributed by atoms with E-state index in [1.165, 1.54) is 0 Å². The average Bonchev–Trinajstić information content (AvgIpc) is 2.81. The third kappa shape index (κ3) is 7.99. The van der Waals surface area contributed by atoms with E-state index in [-0.39, 0.29) is 57.2 Å². The van der Waals surface area contributed by atoms with Crippen molar-refractivity contribution in [3.63, 3.8) is 0 Å². The van der Waals surface area contributed by atoms with Gasteiger partial charge in [0.05, 0.1) is 6.54 Å². The summed E-state index contributed by atoms with van der Waals surface area (Å²) in [6.45, 7) is 0.517. The van der Waals surface area contributed by atoms with Crippen LogP contribution in [0.25, 0.3) is 0 Å². The first-order valence-electron chi connectivity index (χ1n) is 11.3. The Hall–Kier alpha value is -3.07. The fourth-order valence-corrected chi connectivity index (χ4v) is 3.96. The molecular formula is C25H26ClF3N2O4. The maximum atomic E-state index is 12.8. The molecule has 2 aromatic rings. The highest BCUT2D eigenvalue weighted by Gasteiger charge is 2.42. The molecular weight excluding hydrogens is 485 g/mol. The molecule has 0 unspecified atom stereocenters. The van der Waals surface area contributed by atoms with Crippen molar-refractivity contribution in [2.24, 2.45) is 0 Å². The lowest BCUT2D eigenvalue weighted by molar-refractivity contribution is -0.185. The highest BCUT2D eigenvalue weighted by Crippen LogP contribution is 2.23. The largest absolute Gasteiger partial charge is 0.492 e. The summed E-state index contributed by atoms with van der Waals surface area (Å²) < 4.78 is 43.9. The van der Waals surface area contributed by atoms with Crippen LogP contribution in [0.5, 0.6) is 5.75 Å². The maximum absolute atomic E-state index is 12.8. The zero-order valence-electron chi connectivity index (χ0n) is 19.0. The van der Waals surface area contributed by atoms with Crippen molar-refractivity contribution in [2.45, 2.75) is 38.3 Å². The van der Waals surface area contributed by atoms with Crippen LogP contribution in [0.4, 0.5) is 13.2 Å². The summed E-state index contributed by atoms with van der Waals surface area (Å²) in [6, 6.07) is 12.0. The van der Waals surface area contributed by atoms with E-state index >= 15 is 0 Å². The molecule has 2 amide bonds. The van der Waals surface area contributed by atoms with Gasteiger partial charge >= 0.3 is 12.1 Å². The van der Waals surface area contributed by atoms with E-state index < -0.39 is 12.1 Å². The number of carbonyl (C=O) groups is 3. The Morgan fingerprint density at radius 3 is 2.43 bits per heavy atom. The molecule has 1 aliphatic rings. The molecule has 1 heterocycles. The Morgan fingerprint density at radius 2 is 1.71 bits per heavy atom. The van der Waals surface area contributed by atoms with Gasteiger partial charge in [0, 0.05) is 36.5 Å². The summed E-state index contributed by atoms with van der Waals surface area (Å²) in [4.78, 5) is 37.1. The van der Waals surface area contributed by atoms with E-state index in [0.717, 1.165) is 16.0 Å². The van der Waals surface area contributed by atoms with Gasteiger partial charge in [-0.3, -0.25) is 14.4 Å². The molecule has 3 rings (SSSR count). The lowest BCUT2D eigenvalue weighted by atomic mass is 9.94. The van der Waals surface area contributed by atoms with Gasteiger partial charge in [-0.1, -0.05) is 23.7 Å². The van der Waals surface area contributed by atoms with Gasteiger partial charge in [0.2, 0.25) is 5.91 Å². The number of alkyl halides is 3. The first-order valence-corrected chi connectivity index (χ1v) is 11.7. The minimum Gasteiger partial charge on any atom is -0.492 e. The van der Waals surface area contributed by atoms with Gasteiger partial charge in [0.1, 0.15) is 12.4 Å². The van der Waals surface area contributed by atoms with Crippen LogP contribution in [0.1, 0.15) is 40.7 Å². The van der Waals surface area contributed by atoms with Gasteiger partial charge < -0.3 is 15.0 Å². The third-order valence-electron chi connectivity index (χ3n) is 5.67. The number of nitrogens with zero attached hydrogens (tertiary/aromatic N) is 1. The monoisotopic (exact) mass is 510 g/mol. The normalized spacial score (nSPS) is 13.9. The Balaban J connectivity index is 1.46. The molecule has 0 aromatic heterocycles. The number of hydrogen-bond acceptors (Lipinski definition) is 4. The lowest BCUT2D eigenvalue weighted by Gasteiger charge is -2.26. The number of amides is 2. The number of aryl methyl sites for hydroxylation is 1. The molecule has 0 aliphatic carbocycles. The van der Waals surface area contributed by atoms with E-state index in [9.17, 15) is 27.6 Å². The lowest BCUT2D eigenvalue weighted by Crippen LogP contribution is -2.43. The summed E-state index contributed by atoms with van der Waals surface area (Å²) in [5.74, 6) is -1.72. The van der Waals surface area contributed by atoms with Crippen LogP contribution in [0.2, 0.25) is 5.02 Å². The van der Waals surface area contributed by atoms with Gasteiger partial charge in [-0.15, -0.1) is 0 Å². The average molecular weight is 511 g/mol. The predicted octanol–water partition coefficient (Wildman–Crippen LogP) is 4.38. The second kappa shape index (κ2) is 12.1. The zero-order chi connectivity index (χ0) is 25.4. The fourth-order valence-electron chi connectivity index (χ4n) is 3.84. The summed E-state index contributed by atoms with van der Waals surface area (Å²) >= 11 is 5.81. The van der Waals surface area contributed by atoms with Crippen molar-refractivity contribution >= 4 is 29.2 Å². The smallest absolute Gasteiger partial charge is 0.471 e. The third-order valence-corrected chi connectivity index (χ3v) is 5.92. The minimum atomic E-state index is -4.90. The van der Waals surface area contributed by atoms with Crippen LogP contribution in [-0.2, 0) is 22.4 Å². The molecule has 188 valence electrons. The number of carbonyl (C=O) groups excluding carboxylic acids is 3. The second-order valence-corrected chi connectivity index (χ2v) is 8.64. The molecule has 0 radical (unpaired) electrons. The van der Waals surface area contributed by atoms with E-state index in [4.69, 9.17) is 16.3 Å². The molecule has 6 nitrogen and oxygen atoms in total. The predicted molar refractivity (Wildman–Crippen MR) is 125 cm³/mol. The van der Waals surface area contributed by atoms with Crippen LogP contribution >= 0.6 is 11.6 Å². The Kier molecular flexibility index (Phi) is 9.14. The van der Waals surface area contributed by atoms with Crippen molar-refractivity contribution in [3.8, 4) is 5.75 Å².